The van der Waals surface area contributed by atoms with Crippen LogP contribution in [0, 0.1) is 0 Å². The average molecular weight is 255 g/mol. The molecule has 98 valence electrons. The average Bonchev–Trinajstić information content (AvgIpc) is 2.96. The van der Waals surface area contributed by atoms with Crippen molar-refractivity contribution in [3.05, 3.63) is 66.5 Å². The Morgan fingerprint density at radius 2 is 2.05 bits per heavy atom. The molecule has 1 aromatic carbocycles. The van der Waals surface area contributed by atoms with Crippen molar-refractivity contribution >= 4 is 11.6 Å². The molecule has 0 radical (unpaired) electrons. The largest absolute Gasteiger partial charge is 0.379 e. The first-order chi connectivity index (χ1) is 9.29. The molecule has 0 unspecified atom stereocenters. The predicted molar refractivity (Wildman–Crippen MR) is 77.1 cm³/mol. The molecule has 0 aliphatic carbocycles. The summed E-state index contributed by atoms with van der Waals surface area (Å²) in [6, 6.07) is 11.4. The third-order valence-corrected chi connectivity index (χ3v) is 2.70. The highest BCUT2D eigenvalue weighted by Gasteiger charge is 2.03. The molecule has 2 aromatic rings. The summed E-state index contributed by atoms with van der Waals surface area (Å²) in [5.74, 6) is -0.0872. The van der Waals surface area contributed by atoms with Crippen molar-refractivity contribution in [1.82, 2.24) is 10.3 Å². The summed E-state index contributed by atoms with van der Waals surface area (Å²) >= 11 is 0. The minimum Gasteiger partial charge on any atom is -0.379 e. The molecule has 3 N–H and O–H groups in total. The van der Waals surface area contributed by atoms with E-state index in [9.17, 15) is 4.79 Å². The van der Waals surface area contributed by atoms with E-state index in [2.05, 4.69) is 22.2 Å². The van der Waals surface area contributed by atoms with Crippen molar-refractivity contribution in [2.75, 3.05) is 11.9 Å². The Kier molecular flexibility index (Phi) is 4.39. The number of benzene rings is 1. The number of nitrogens with one attached hydrogen (secondary N) is 3. The highest BCUT2D eigenvalue weighted by atomic mass is 16.1. The van der Waals surface area contributed by atoms with Crippen molar-refractivity contribution in [2.24, 2.45) is 0 Å². The Balaban J connectivity index is 1.90. The zero-order chi connectivity index (χ0) is 13.5. The van der Waals surface area contributed by atoms with E-state index in [0.29, 0.717) is 12.1 Å². The van der Waals surface area contributed by atoms with Crippen LogP contribution in [0.4, 0.5) is 5.69 Å². The van der Waals surface area contributed by atoms with Crippen LogP contribution in [0.2, 0.25) is 0 Å². The Morgan fingerprint density at radius 1 is 1.26 bits per heavy atom. The first-order valence-electron chi connectivity index (χ1n) is 6.15. The van der Waals surface area contributed by atoms with Gasteiger partial charge in [-0.05, 0) is 36.4 Å². The molecule has 4 nitrogen and oxygen atoms in total. The predicted octanol–water partition coefficient (Wildman–Crippen LogP) is 2.54. The molecule has 1 aromatic heterocycles. The Hall–Kier alpha value is -2.49. The Labute approximate surface area is 112 Å². The smallest absolute Gasteiger partial charge is 0.251 e. The van der Waals surface area contributed by atoms with Crippen LogP contribution in [-0.2, 0) is 6.54 Å². The second-order valence-corrected chi connectivity index (χ2v) is 4.12. The van der Waals surface area contributed by atoms with Crippen LogP contribution in [-0.4, -0.2) is 17.4 Å². The van der Waals surface area contributed by atoms with E-state index in [-0.39, 0.29) is 5.91 Å². The molecule has 0 aliphatic rings. The molecule has 0 saturated carbocycles. The fraction of sp³-hybridized carbons (Fsp3) is 0.133. The van der Waals surface area contributed by atoms with Crippen LogP contribution >= 0.6 is 0 Å². The molecule has 1 amide bonds. The van der Waals surface area contributed by atoms with Crippen LogP contribution < -0.4 is 10.6 Å². The van der Waals surface area contributed by atoms with Gasteiger partial charge in [0.05, 0.1) is 6.54 Å². The van der Waals surface area contributed by atoms with Crippen molar-refractivity contribution in [3.63, 3.8) is 0 Å². The van der Waals surface area contributed by atoms with Gasteiger partial charge in [-0.1, -0.05) is 6.08 Å². The molecule has 0 aliphatic heterocycles. The number of H-pyrrole nitrogens is 1. The maximum atomic E-state index is 11.7. The Bertz CT molecular complexity index is 529. The third kappa shape index (κ3) is 3.74. The molecule has 0 spiro atoms. The van der Waals surface area contributed by atoms with Crippen LogP contribution in [0.15, 0.2) is 55.3 Å². The fourth-order valence-corrected chi connectivity index (χ4v) is 1.68. The quantitative estimate of drug-likeness (QED) is 0.695. The number of carbonyl (C=O) groups excluding carboxylic acids is 1. The molecule has 19 heavy (non-hydrogen) atoms. The first kappa shape index (κ1) is 13.0. The van der Waals surface area contributed by atoms with Crippen molar-refractivity contribution in [2.45, 2.75) is 6.54 Å². The van der Waals surface area contributed by atoms with E-state index in [1.54, 1.807) is 18.2 Å². The lowest BCUT2D eigenvalue weighted by molar-refractivity contribution is 0.0958. The molecule has 0 saturated heterocycles. The van der Waals surface area contributed by atoms with E-state index >= 15 is 0 Å². The van der Waals surface area contributed by atoms with Crippen molar-refractivity contribution in [3.8, 4) is 0 Å². The van der Waals surface area contributed by atoms with Gasteiger partial charge in [0, 0.05) is 29.7 Å². The summed E-state index contributed by atoms with van der Waals surface area (Å²) in [4.78, 5) is 14.8. The number of carbonyl (C=O) groups is 1. The van der Waals surface area contributed by atoms with Crippen LogP contribution in [0.5, 0.6) is 0 Å². The van der Waals surface area contributed by atoms with Crippen molar-refractivity contribution < 1.29 is 4.79 Å². The normalized spacial score (nSPS) is 9.89. The number of hydrogen-bond acceptors (Lipinski definition) is 2. The molecule has 4 heteroatoms. The molecule has 2 rings (SSSR count). The molecule has 0 bridgehead atoms. The molecule has 0 atom stereocenters. The number of hydrogen-bond donors (Lipinski definition) is 3. The summed E-state index contributed by atoms with van der Waals surface area (Å²) < 4.78 is 0. The first-order valence-corrected chi connectivity index (χ1v) is 6.15. The second-order valence-electron chi connectivity index (χ2n) is 4.12. The number of rotatable bonds is 6. The van der Waals surface area contributed by atoms with E-state index in [1.165, 1.54) is 0 Å². The van der Waals surface area contributed by atoms with E-state index in [0.717, 1.165) is 17.9 Å². The van der Waals surface area contributed by atoms with Gasteiger partial charge in [0.15, 0.2) is 0 Å². The third-order valence-electron chi connectivity index (χ3n) is 2.70. The summed E-state index contributed by atoms with van der Waals surface area (Å²) in [6.45, 7) is 4.77. The number of anilines is 1. The van der Waals surface area contributed by atoms with E-state index < -0.39 is 0 Å². The van der Waals surface area contributed by atoms with Gasteiger partial charge in [-0.2, -0.15) is 0 Å². The minimum atomic E-state index is -0.0872. The standard InChI is InChI=1S/C15H17N3O/c1-2-9-17-15(19)12-5-7-13(8-6-12)18-11-14-4-3-10-16-14/h2-8,10,16,18H,1,9,11H2,(H,17,19). The lowest BCUT2D eigenvalue weighted by atomic mass is 10.2. The maximum absolute atomic E-state index is 11.7. The summed E-state index contributed by atoms with van der Waals surface area (Å²) in [7, 11) is 0. The topological polar surface area (TPSA) is 56.9 Å². The van der Waals surface area contributed by atoms with Gasteiger partial charge in [0.25, 0.3) is 5.91 Å². The maximum Gasteiger partial charge on any atom is 0.251 e. The van der Waals surface area contributed by atoms with Gasteiger partial charge in [-0.3, -0.25) is 4.79 Å². The van der Waals surface area contributed by atoms with Gasteiger partial charge in [0.1, 0.15) is 0 Å². The molecular weight excluding hydrogens is 238 g/mol. The highest BCUT2D eigenvalue weighted by molar-refractivity contribution is 5.94. The lowest BCUT2D eigenvalue weighted by Gasteiger charge is -2.06. The minimum absolute atomic E-state index is 0.0872. The molecule has 1 heterocycles. The monoisotopic (exact) mass is 255 g/mol. The van der Waals surface area contributed by atoms with Gasteiger partial charge >= 0.3 is 0 Å². The summed E-state index contributed by atoms with van der Waals surface area (Å²) in [5, 5.41) is 6.02. The molecular formula is C15H17N3O. The summed E-state index contributed by atoms with van der Waals surface area (Å²) in [6.07, 6.45) is 3.55. The van der Waals surface area contributed by atoms with Gasteiger partial charge in [-0.15, -0.1) is 6.58 Å². The second kappa shape index (κ2) is 6.44. The van der Waals surface area contributed by atoms with E-state index in [1.807, 2.05) is 30.5 Å². The van der Waals surface area contributed by atoms with Crippen LogP contribution in [0.25, 0.3) is 0 Å². The highest BCUT2D eigenvalue weighted by Crippen LogP contribution is 2.10. The zero-order valence-corrected chi connectivity index (χ0v) is 10.6. The Morgan fingerprint density at radius 3 is 2.68 bits per heavy atom. The van der Waals surface area contributed by atoms with E-state index in [4.69, 9.17) is 0 Å². The fourth-order valence-electron chi connectivity index (χ4n) is 1.68. The number of aromatic nitrogens is 1. The molecule has 0 fully saturated rings. The van der Waals surface area contributed by atoms with Crippen LogP contribution in [0.1, 0.15) is 16.1 Å². The summed E-state index contributed by atoms with van der Waals surface area (Å²) in [5.41, 5.74) is 2.75. The zero-order valence-electron chi connectivity index (χ0n) is 10.6. The SMILES string of the molecule is C=CCNC(=O)c1ccc(NCc2ccc[nH]2)cc1. The van der Waals surface area contributed by atoms with Crippen molar-refractivity contribution in [1.29, 1.82) is 0 Å². The van der Waals surface area contributed by atoms with Gasteiger partial charge < -0.3 is 15.6 Å². The van der Waals surface area contributed by atoms with Crippen LogP contribution in [0.3, 0.4) is 0 Å². The van der Waals surface area contributed by atoms with Gasteiger partial charge in [0.2, 0.25) is 0 Å². The number of amides is 1. The lowest BCUT2D eigenvalue weighted by Crippen LogP contribution is -2.23. The van der Waals surface area contributed by atoms with Gasteiger partial charge in [-0.25, -0.2) is 0 Å². The number of aromatic amines is 1.